The van der Waals surface area contributed by atoms with Crippen LogP contribution >= 0.6 is 0 Å². The molecule has 2 aromatic heterocycles. The van der Waals surface area contributed by atoms with Crippen LogP contribution in [0.5, 0.6) is 5.75 Å². The number of benzene rings is 8. The van der Waals surface area contributed by atoms with Crippen molar-refractivity contribution >= 4 is 11.0 Å². The molecule has 10 rings (SSSR count). The summed E-state index contributed by atoms with van der Waals surface area (Å²) in [4.78, 5) is 10.3. The van der Waals surface area contributed by atoms with E-state index >= 15 is 0 Å². The van der Waals surface area contributed by atoms with Crippen molar-refractivity contribution in [1.82, 2.24) is 14.5 Å². The Morgan fingerprint density at radius 1 is 0.493 bits per heavy atom. The molecule has 0 aliphatic heterocycles. The Labute approximate surface area is 402 Å². The molecule has 4 heteroatoms. The molecule has 0 unspecified atom stereocenters. The van der Waals surface area contributed by atoms with Crippen LogP contribution in [0, 0.1) is 20.7 Å². The lowest BCUT2D eigenvalue weighted by Crippen LogP contribution is -2.01. The van der Waals surface area contributed by atoms with Gasteiger partial charge in [-0.25, -0.2) is 4.98 Å². The van der Waals surface area contributed by atoms with E-state index in [0.717, 1.165) is 78.0 Å². The van der Waals surface area contributed by atoms with E-state index < -0.39 is 18.6 Å². The molecular weight excluding hydrogens is 815 g/mol. The average molecular weight is 875 g/mol. The second-order valence-corrected chi connectivity index (χ2v) is 18.0. The van der Waals surface area contributed by atoms with Gasteiger partial charge < -0.3 is 5.11 Å². The molecule has 4 nitrogen and oxygen atoms in total. The number of para-hydroxylation sites is 1. The van der Waals surface area contributed by atoms with Crippen molar-refractivity contribution in [1.29, 1.82) is 0 Å². The number of fused-ring (bicyclic) bond motifs is 1. The lowest BCUT2D eigenvalue weighted by Gasteiger charge is -2.17. The number of aromatic hydroxyl groups is 1. The highest BCUT2D eigenvalue weighted by atomic mass is 16.3. The van der Waals surface area contributed by atoms with E-state index in [-0.39, 0.29) is 11.3 Å². The summed E-state index contributed by atoms with van der Waals surface area (Å²) >= 11 is 0. The molecule has 0 aliphatic carbocycles. The van der Waals surface area contributed by atoms with Gasteiger partial charge in [0.1, 0.15) is 11.6 Å². The van der Waals surface area contributed by atoms with Gasteiger partial charge in [0, 0.05) is 24.2 Å². The Morgan fingerprint density at radius 2 is 1.07 bits per heavy atom. The van der Waals surface area contributed by atoms with E-state index in [4.69, 9.17) is 16.8 Å². The Bertz CT molecular complexity index is 3630. The Balaban J connectivity index is 1.18. The number of aromatic nitrogens is 3. The van der Waals surface area contributed by atoms with Gasteiger partial charge in [0.15, 0.2) is 0 Å². The molecule has 1 N–H and O–H groups in total. The van der Waals surface area contributed by atoms with E-state index in [9.17, 15) is 5.11 Å². The van der Waals surface area contributed by atoms with Crippen LogP contribution in [-0.2, 0) is 0 Å². The minimum atomic E-state index is -2.59. The Hall–Kier alpha value is -7.82. The quantitative estimate of drug-likeness (QED) is 0.149. The van der Waals surface area contributed by atoms with Crippen molar-refractivity contribution in [2.45, 2.75) is 60.2 Å². The zero-order valence-corrected chi connectivity index (χ0v) is 38.7. The fraction of sp³-hybridized carbons (Fsp3) is 0.143. The number of phenols is 1. The second-order valence-electron chi connectivity index (χ2n) is 18.0. The van der Waals surface area contributed by atoms with Gasteiger partial charge in [-0.2, -0.15) is 0 Å². The molecule has 0 radical (unpaired) electrons. The molecule has 328 valence electrons. The zero-order chi connectivity index (χ0) is 50.7. The maximum Gasteiger partial charge on any atom is 0.149 e. The number of rotatable bonds is 10. The summed E-state index contributed by atoms with van der Waals surface area (Å²) in [7, 11) is 0. The molecule has 10 aromatic rings. The van der Waals surface area contributed by atoms with Crippen LogP contribution in [-0.4, -0.2) is 19.6 Å². The van der Waals surface area contributed by atoms with Crippen molar-refractivity contribution in [3.05, 3.63) is 216 Å². The van der Waals surface area contributed by atoms with Gasteiger partial charge in [-0.15, -0.1) is 0 Å². The van der Waals surface area contributed by atoms with Crippen LogP contribution in [0.1, 0.15) is 74.2 Å². The second kappa shape index (κ2) is 17.9. The van der Waals surface area contributed by atoms with E-state index in [1.165, 1.54) is 0 Å². The van der Waals surface area contributed by atoms with Gasteiger partial charge in [-0.3, -0.25) is 9.55 Å². The summed E-state index contributed by atoms with van der Waals surface area (Å²) in [5, 5.41) is 11.9. The lowest BCUT2D eigenvalue weighted by molar-refractivity contribution is 0.472. The van der Waals surface area contributed by atoms with Crippen LogP contribution in [0.25, 0.3) is 95.0 Å². The first-order valence-electron chi connectivity index (χ1n) is 25.3. The number of hydrogen-bond acceptors (Lipinski definition) is 3. The third-order valence-corrected chi connectivity index (χ3v) is 12.8. The number of nitrogens with zero attached hydrogens (tertiary/aromatic N) is 3. The van der Waals surface area contributed by atoms with Crippen LogP contribution in [0.2, 0.25) is 0 Å². The predicted octanol–water partition coefficient (Wildman–Crippen LogP) is 17.0. The van der Waals surface area contributed by atoms with E-state index in [1.807, 2.05) is 155 Å². The van der Waals surface area contributed by atoms with E-state index in [2.05, 4.69) is 72.8 Å². The summed E-state index contributed by atoms with van der Waals surface area (Å²) < 4.78 is 46.8. The molecule has 0 saturated heterocycles. The van der Waals surface area contributed by atoms with Crippen LogP contribution < -0.4 is 0 Å². The van der Waals surface area contributed by atoms with Gasteiger partial charge >= 0.3 is 0 Å². The molecule has 67 heavy (non-hydrogen) atoms. The first-order valence-corrected chi connectivity index (χ1v) is 22.8. The largest absolute Gasteiger partial charge is 0.507 e. The fourth-order valence-corrected chi connectivity index (χ4v) is 9.15. The third kappa shape index (κ3) is 8.48. The molecular formula is C63H55N3O. The maximum absolute atomic E-state index is 11.9. The minimum Gasteiger partial charge on any atom is -0.507 e. The monoisotopic (exact) mass is 874 g/mol. The van der Waals surface area contributed by atoms with Crippen molar-refractivity contribution in [2.75, 3.05) is 0 Å². The smallest absolute Gasteiger partial charge is 0.149 e. The summed E-state index contributed by atoms with van der Waals surface area (Å²) in [6.07, 6.45) is 1.85. The fourth-order valence-electron chi connectivity index (χ4n) is 9.15. The van der Waals surface area contributed by atoms with Gasteiger partial charge in [-0.1, -0.05) is 155 Å². The predicted molar refractivity (Wildman–Crippen MR) is 281 cm³/mol. The average Bonchev–Trinajstić information content (AvgIpc) is 3.76. The van der Waals surface area contributed by atoms with Crippen molar-refractivity contribution < 1.29 is 12.0 Å². The molecule has 0 saturated carbocycles. The highest BCUT2D eigenvalue weighted by molar-refractivity contribution is 5.98. The minimum absolute atomic E-state index is 0.0557. The van der Waals surface area contributed by atoms with Crippen LogP contribution in [0.15, 0.2) is 188 Å². The normalized spacial score (nSPS) is 13.1. The van der Waals surface area contributed by atoms with E-state index in [1.54, 1.807) is 6.07 Å². The molecule has 0 atom stereocenters. The van der Waals surface area contributed by atoms with E-state index in [0.29, 0.717) is 39.2 Å². The topological polar surface area (TPSA) is 50.9 Å². The first kappa shape index (κ1) is 37.4. The number of pyridine rings is 1. The zero-order valence-electron chi connectivity index (χ0n) is 43.7. The standard InChI is InChI=1S/C63H55N3O/c1-39(2)50-32-51(40(3)4)34-53(33-50)48-25-26-59(42(6)31-48)66-60-20-14-19-56(61(60)65-63(66)57-30-41(5)29-43(7)62(57)67)54-35-52(45-17-12-9-13-18-45)36-55(37-54)58-38-49(27-28-64-58)47-23-21-46(22-24-47)44-15-10-8-11-16-44/h8-40,67H,1-7H3/i6D3,39D,40D. The van der Waals surface area contributed by atoms with Crippen LogP contribution in [0.4, 0.5) is 0 Å². The summed E-state index contributed by atoms with van der Waals surface area (Å²) in [6, 6.07) is 60.7. The molecule has 0 amide bonds. The number of imidazole rings is 1. The highest BCUT2D eigenvalue weighted by Crippen LogP contribution is 2.42. The van der Waals surface area contributed by atoms with Crippen molar-refractivity contribution in [2.24, 2.45) is 0 Å². The van der Waals surface area contributed by atoms with Gasteiger partial charge in [0.25, 0.3) is 0 Å². The first-order chi connectivity index (χ1) is 34.3. The van der Waals surface area contributed by atoms with Crippen molar-refractivity contribution in [3.8, 4) is 89.7 Å². The Kier molecular flexibility index (Phi) is 9.98. The lowest BCUT2D eigenvalue weighted by atomic mass is 9.90. The van der Waals surface area contributed by atoms with Crippen molar-refractivity contribution in [3.63, 3.8) is 0 Å². The number of hydrogen-bond donors (Lipinski definition) is 1. The summed E-state index contributed by atoms with van der Waals surface area (Å²) in [5.74, 6) is -1.48. The summed E-state index contributed by atoms with van der Waals surface area (Å²) in [5.41, 5.74) is 16.5. The highest BCUT2D eigenvalue weighted by Gasteiger charge is 2.23. The third-order valence-electron chi connectivity index (χ3n) is 12.8. The maximum atomic E-state index is 11.9. The molecule has 2 heterocycles. The number of phenolic OH excluding ortho intramolecular Hbond substituents is 1. The molecule has 0 fully saturated rings. The van der Waals surface area contributed by atoms with Gasteiger partial charge in [-0.05, 0) is 165 Å². The Morgan fingerprint density at radius 3 is 1.75 bits per heavy atom. The molecule has 0 spiro atoms. The van der Waals surface area contributed by atoms with Gasteiger partial charge in [0.05, 0.1) is 28.0 Å². The van der Waals surface area contributed by atoms with Crippen LogP contribution in [0.3, 0.4) is 0 Å². The molecule has 8 aromatic carbocycles. The number of aryl methyl sites for hydroxylation is 3. The molecule has 0 bridgehead atoms. The summed E-state index contributed by atoms with van der Waals surface area (Å²) in [6.45, 7) is 8.48. The van der Waals surface area contributed by atoms with Gasteiger partial charge in [0.2, 0.25) is 0 Å². The SMILES string of the molecule is [2H]C([2H])([2H])c1cc(-c2cc(C([2H])(C)C)cc(C([2H])(C)C)c2)ccc1-n1c(-c2cc(C)cc(C)c2O)nc2c(-c3cc(-c4ccccc4)cc(-c4cc(-c5ccc(-c6ccccc6)cc5)ccn4)c3)cccc21. The molecule has 0 aliphatic rings.